The van der Waals surface area contributed by atoms with Gasteiger partial charge in [-0.15, -0.1) is 0 Å². The minimum absolute atomic E-state index is 0.405. The maximum atomic E-state index is 11.1. The van der Waals surface area contributed by atoms with Gasteiger partial charge in [-0.1, -0.05) is 6.92 Å². The van der Waals surface area contributed by atoms with Crippen LogP contribution < -0.4 is 5.73 Å². The molecule has 0 radical (unpaired) electrons. The molecule has 0 amide bonds. The van der Waals surface area contributed by atoms with Crippen LogP contribution in [0.15, 0.2) is 0 Å². The number of hydrogen-bond acceptors (Lipinski definition) is 5. The van der Waals surface area contributed by atoms with E-state index in [1.807, 2.05) is 6.92 Å². The van der Waals surface area contributed by atoms with E-state index in [1.54, 1.807) is 0 Å². The highest BCUT2D eigenvalue weighted by molar-refractivity contribution is 7.10. The Morgan fingerprint density at radius 3 is 2.92 bits per heavy atom. The van der Waals surface area contributed by atoms with Crippen LogP contribution in [0.3, 0.4) is 0 Å². The second-order valence-corrected chi connectivity index (χ2v) is 3.02. The number of ether oxygens (including phenoxy) is 1. The highest BCUT2D eigenvalue weighted by atomic mass is 32.1. The maximum absolute atomic E-state index is 11.1. The fourth-order valence-electron chi connectivity index (χ4n) is 0.900. The van der Waals surface area contributed by atoms with E-state index in [4.69, 9.17) is 5.73 Å². The Kier molecular flexibility index (Phi) is 2.65. The Bertz CT molecular complexity index is 296. The average Bonchev–Trinajstić information content (AvgIpc) is 2.45. The van der Waals surface area contributed by atoms with Gasteiger partial charge in [-0.25, -0.2) is 4.79 Å². The Labute approximate surface area is 74.5 Å². The zero-order chi connectivity index (χ0) is 9.14. The summed E-state index contributed by atoms with van der Waals surface area (Å²) in [5, 5.41) is 0.429. The first-order valence-corrected chi connectivity index (χ1v) is 4.30. The number of anilines is 1. The van der Waals surface area contributed by atoms with Gasteiger partial charge in [0.05, 0.1) is 12.8 Å². The van der Waals surface area contributed by atoms with Crippen LogP contribution in [0.5, 0.6) is 0 Å². The van der Waals surface area contributed by atoms with Gasteiger partial charge in [-0.2, -0.15) is 4.37 Å². The Morgan fingerprint density at radius 2 is 2.42 bits per heavy atom. The lowest BCUT2D eigenvalue weighted by Gasteiger charge is -1.98. The lowest BCUT2D eigenvalue weighted by molar-refractivity contribution is 0.0601. The van der Waals surface area contributed by atoms with E-state index in [0.29, 0.717) is 22.7 Å². The largest absolute Gasteiger partial charge is 0.465 e. The molecule has 0 aliphatic heterocycles. The number of nitrogens with zero attached hydrogens (tertiary/aromatic N) is 1. The van der Waals surface area contributed by atoms with Crippen LogP contribution in [0, 0.1) is 0 Å². The Hall–Kier alpha value is -1.10. The van der Waals surface area contributed by atoms with Gasteiger partial charge in [-0.3, -0.25) is 0 Å². The molecule has 66 valence electrons. The number of hydrogen-bond donors (Lipinski definition) is 1. The second-order valence-electron chi connectivity index (χ2n) is 2.21. The molecule has 0 atom stereocenters. The van der Waals surface area contributed by atoms with Crippen LogP contribution in [0.1, 0.15) is 23.0 Å². The van der Waals surface area contributed by atoms with Crippen molar-refractivity contribution in [3.05, 3.63) is 11.3 Å². The number of carbonyl (C=O) groups excluding carboxylic acids is 1. The SMILES string of the molecule is CCc1nsc(N)c1C(=O)OC. The first kappa shape index (κ1) is 8.99. The number of carbonyl (C=O) groups is 1. The van der Waals surface area contributed by atoms with Crippen molar-refractivity contribution in [2.75, 3.05) is 12.8 Å². The van der Waals surface area contributed by atoms with Crippen molar-refractivity contribution >= 4 is 22.5 Å². The molecule has 0 aromatic carbocycles. The molecule has 1 rings (SSSR count). The summed E-state index contributed by atoms with van der Waals surface area (Å²) >= 11 is 1.13. The van der Waals surface area contributed by atoms with Crippen molar-refractivity contribution in [1.29, 1.82) is 0 Å². The molecule has 12 heavy (non-hydrogen) atoms. The van der Waals surface area contributed by atoms with Gasteiger partial charge in [0.1, 0.15) is 10.6 Å². The second kappa shape index (κ2) is 3.53. The summed E-state index contributed by atoms with van der Waals surface area (Å²) in [5.41, 5.74) is 6.68. The lowest BCUT2D eigenvalue weighted by atomic mass is 10.2. The van der Waals surface area contributed by atoms with E-state index in [2.05, 4.69) is 9.11 Å². The van der Waals surface area contributed by atoms with Gasteiger partial charge >= 0.3 is 5.97 Å². The van der Waals surface area contributed by atoms with Gasteiger partial charge in [-0.05, 0) is 18.0 Å². The number of nitrogens with two attached hydrogens (primary N) is 1. The van der Waals surface area contributed by atoms with Crippen LogP contribution in [0.2, 0.25) is 0 Å². The van der Waals surface area contributed by atoms with Crippen molar-refractivity contribution in [2.45, 2.75) is 13.3 Å². The minimum Gasteiger partial charge on any atom is -0.465 e. The van der Waals surface area contributed by atoms with E-state index in [0.717, 1.165) is 11.5 Å². The standard InChI is InChI=1S/C7H10N2O2S/c1-3-4-5(7(10)11-2)6(8)12-9-4/h3,8H2,1-2H3. The summed E-state index contributed by atoms with van der Waals surface area (Å²) in [6.45, 7) is 1.92. The van der Waals surface area contributed by atoms with Crippen molar-refractivity contribution in [3.8, 4) is 0 Å². The third-order valence-electron chi connectivity index (χ3n) is 1.51. The fraction of sp³-hybridized carbons (Fsp3) is 0.429. The quantitative estimate of drug-likeness (QED) is 0.702. The summed E-state index contributed by atoms with van der Waals surface area (Å²) in [7, 11) is 1.33. The summed E-state index contributed by atoms with van der Waals surface area (Å²) < 4.78 is 8.58. The Balaban J connectivity index is 3.10. The molecule has 1 aromatic rings. The molecular formula is C7H10N2O2S. The van der Waals surface area contributed by atoms with Gasteiger partial charge in [0.25, 0.3) is 0 Å². The first-order chi connectivity index (χ1) is 5.70. The predicted molar refractivity (Wildman–Crippen MR) is 47.2 cm³/mol. The molecular weight excluding hydrogens is 176 g/mol. The van der Waals surface area contributed by atoms with Crippen molar-refractivity contribution in [2.24, 2.45) is 0 Å². The van der Waals surface area contributed by atoms with E-state index in [1.165, 1.54) is 7.11 Å². The summed E-state index contributed by atoms with van der Waals surface area (Å²) in [4.78, 5) is 11.1. The third-order valence-corrected chi connectivity index (χ3v) is 2.23. The van der Waals surface area contributed by atoms with Gasteiger partial charge in [0.15, 0.2) is 0 Å². The summed E-state index contributed by atoms with van der Waals surface area (Å²) in [6.07, 6.45) is 0.693. The predicted octanol–water partition coefficient (Wildman–Crippen LogP) is 1.07. The Morgan fingerprint density at radius 1 is 1.75 bits per heavy atom. The maximum Gasteiger partial charge on any atom is 0.342 e. The van der Waals surface area contributed by atoms with Crippen LogP contribution in [0.25, 0.3) is 0 Å². The zero-order valence-corrected chi connectivity index (χ0v) is 7.77. The van der Waals surface area contributed by atoms with E-state index < -0.39 is 5.97 Å². The molecule has 0 fully saturated rings. The van der Waals surface area contributed by atoms with Crippen LogP contribution in [0.4, 0.5) is 5.00 Å². The highest BCUT2D eigenvalue weighted by Crippen LogP contribution is 2.22. The molecule has 0 aliphatic carbocycles. The van der Waals surface area contributed by atoms with Crippen molar-refractivity contribution in [3.63, 3.8) is 0 Å². The normalized spacial score (nSPS) is 9.83. The third kappa shape index (κ3) is 1.40. The molecule has 1 aromatic heterocycles. The molecule has 0 unspecified atom stereocenters. The highest BCUT2D eigenvalue weighted by Gasteiger charge is 2.17. The topological polar surface area (TPSA) is 65.2 Å². The molecule has 0 saturated carbocycles. The zero-order valence-electron chi connectivity index (χ0n) is 6.96. The van der Waals surface area contributed by atoms with Crippen molar-refractivity contribution in [1.82, 2.24) is 4.37 Å². The number of aromatic nitrogens is 1. The monoisotopic (exact) mass is 186 g/mol. The molecule has 4 nitrogen and oxygen atoms in total. The van der Waals surface area contributed by atoms with E-state index >= 15 is 0 Å². The number of esters is 1. The molecule has 0 aliphatic rings. The van der Waals surface area contributed by atoms with Crippen molar-refractivity contribution < 1.29 is 9.53 Å². The van der Waals surface area contributed by atoms with Crippen LogP contribution in [-0.2, 0) is 11.2 Å². The average molecular weight is 186 g/mol. The van der Waals surface area contributed by atoms with Crippen LogP contribution >= 0.6 is 11.5 Å². The first-order valence-electron chi connectivity index (χ1n) is 3.53. The fourth-order valence-corrected chi connectivity index (χ4v) is 1.62. The smallest absolute Gasteiger partial charge is 0.342 e. The number of rotatable bonds is 2. The van der Waals surface area contributed by atoms with E-state index in [9.17, 15) is 4.79 Å². The molecule has 0 spiro atoms. The molecule has 0 bridgehead atoms. The molecule has 1 heterocycles. The minimum atomic E-state index is -0.405. The van der Waals surface area contributed by atoms with Gasteiger partial charge in [0, 0.05) is 0 Å². The summed E-state index contributed by atoms with van der Waals surface area (Å²) in [6, 6.07) is 0. The summed E-state index contributed by atoms with van der Waals surface area (Å²) in [5.74, 6) is -0.405. The number of aryl methyl sites for hydroxylation is 1. The van der Waals surface area contributed by atoms with E-state index in [-0.39, 0.29) is 0 Å². The van der Waals surface area contributed by atoms with Gasteiger partial charge in [0.2, 0.25) is 0 Å². The number of methoxy groups -OCH3 is 1. The molecule has 2 N–H and O–H groups in total. The van der Waals surface area contributed by atoms with Gasteiger partial charge < -0.3 is 10.5 Å². The lowest BCUT2D eigenvalue weighted by Crippen LogP contribution is -2.05. The van der Waals surface area contributed by atoms with Crippen LogP contribution in [-0.4, -0.2) is 17.5 Å². The molecule has 5 heteroatoms. The molecule has 0 saturated heterocycles. The number of nitrogen functional groups attached to an aromatic ring is 1.